The van der Waals surface area contributed by atoms with E-state index in [-0.39, 0.29) is 18.3 Å². The number of hydrogen-bond acceptors (Lipinski definition) is 5. The third-order valence-corrected chi connectivity index (χ3v) is 6.30. The van der Waals surface area contributed by atoms with Gasteiger partial charge in [0.15, 0.2) is 0 Å². The first kappa shape index (κ1) is 20.6. The topological polar surface area (TPSA) is 72.6 Å². The van der Waals surface area contributed by atoms with E-state index >= 15 is 0 Å². The van der Waals surface area contributed by atoms with E-state index in [1.807, 2.05) is 6.07 Å². The van der Waals surface area contributed by atoms with Crippen LogP contribution in [-0.2, 0) is 11.3 Å². The Kier molecular flexibility index (Phi) is 6.82. The van der Waals surface area contributed by atoms with Crippen molar-refractivity contribution in [3.8, 4) is 0 Å². The number of hydrogen-bond donors (Lipinski definition) is 0. The maximum Gasteiger partial charge on any atom is 0.338 e. The van der Waals surface area contributed by atoms with Gasteiger partial charge in [-0.25, -0.2) is 4.79 Å². The fraction of sp³-hybridized carbons (Fsp3) is 0.542. The number of amides is 1. The molecule has 2 aromatic rings. The molecule has 30 heavy (non-hydrogen) atoms. The lowest BCUT2D eigenvalue weighted by Gasteiger charge is -2.41. The molecule has 6 heteroatoms. The quantitative estimate of drug-likeness (QED) is 0.617. The number of esters is 1. The minimum Gasteiger partial charge on any atom is -0.455 e. The molecule has 160 valence electrons. The third kappa shape index (κ3) is 4.91. The second kappa shape index (κ2) is 9.92. The molecule has 2 aliphatic rings. The summed E-state index contributed by atoms with van der Waals surface area (Å²) in [4.78, 5) is 27.6. The Hall–Kier alpha value is -2.63. The van der Waals surface area contributed by atoms with E-state index in [4.69, 9.17) is 9.26 Å². The maximum absolute atomic E-state index is 13.4. The molecule has 0 bridgehead atoms. The molecule has 6 nitrogen and oxygen atoms in total. The summed E-state index contributed by atoms with van der Waals surface area (Å²) in [7, 11) is 0. The van der Waals surface area contributed by atoms with Gasteiger partial charge in [-0.1, -0.05) is 61.9 Å². The highest BCUT2D eigenvalue weighted by molar-refractivity contribution is 5.92. The van der Waals surface area contributed by atoms with Crippen LogP contribution in [0.4, 0.5) is 0 Å². The molecule has 4 rings (SSSR count). The summed E-state index contributed by atoms with van der Waals surface area (Å²) in [6, 6.07) is 11.0. The van der Waals surface area contributed by atoms with Crippen LogP contribution < -0.4 is 0 Å². The summed E-state index contributed by atoms with van der Waals surface area (Å²) in [6.45, 7) is -0.0165. The van der Waals surface area contributed by atoms with Gasteiger partial charge < -0.3 is 14.2 Å². The summed E-state index contributed by atoms with van der Waals surface area (Å²) in [5, 5.41) is 3.98. The molecule has 0 radical (unpaired) electrons. The summed E-state index contributed by atoms with van der Waals surface area (Å²) in [5.41, 5.74) is 0.938. The largest absolute Gasteiger partial charge is 0.455 e. The summed E-state index contributed by atoms with van der Waals surface area (Å²) in [6.07, 6.45) is 11.5. The Balaban J connectivity index is 1.43. The number of carbonyl (C=O) groups excluding carboxylic acids is 2. The molecule has 2 saturated carbocycles. The smallest absolute Gasteiger partial charge is 0.338 e. The van der Waals surface area contributed by atoms with Crippen LogP contribution in [0.25, 0.3) is 0 Å². The molecule has 0 spiro atoms. The van der Waals surface area contributed by atoms with E-state index in [1.165, 1.54) is 38.5 Å². The zero-order valence-electron chi connectivity index (χ0n) is 17.4. The van der Waals surface area contributed by atoms with Crippen LogP contribution in [0.2, 0.25) is 0 Å². The Labute approximate surface area is 177 Å². The van der Waals surface area contributed by atoms with Crippen molar-refractivity contribution in [3.63, 3.8) is 0 Å². The molecule has 1 aromatic heterocycles. The van der Waals surface area contributed by atoms with Gasteiger partial charge in [-0.2, -0.15) is 0 Å². The van der Waals surface area contributed by atoms with Crippen molar-refractivity contribution in [2.45, 2.75) is 82.9 Å². The highest BCUT2D eigenvalue weighted by Crippen LogP contribution is 2.31. The number of aromatic nitrogens is 1. The summed E-state index contributed by atoms with van der Waals surface area (Å²) >= 11 is 0. The third-order valence-electron chi connectivity index (χ3n) is 6.30. The van der Waals surface area contributed by atoms with Gasteiger partial charge in [0, 0.05) is 18.2 Å². The fourth-order valence-electron chi connectivity index (χ4n) is 4.75. The molecule has 1 aromatic carbocycles. The highest BCUT2D eigenvalue weighted by Gasteiger charge is 2.34. The van der Waals surface area contributed by atoms with Crippen molar-refractivity contribution < 1.29 is 18.8 Å². The van der Waals surface area contributed by atoms with Gasteiger partial charge in [0.05, 0.1) is 5.56 Å². The Morgan fingerprint density at radius 3 is 2.13 bits per heavy atom. The molecular formula is C24H30N2O4. The molecule has 2 aliphatic carbocycles. The first-order chi connectivity index (χ1) is 14.7. The fourth-order valence-corrected chi connectivity index (χ4v) is 4.75. The van der Waals surface area contributed by atoms with Crippen LogP contribution in [0.5, 0.6) is 0 Å². The predicted molar refractivity (Wildman–Crippen MR) is 112 cm³/mol. The number of nitrogens with zero attached hydrogens (tertiary/aromatic N) is 2. The van der Waals surface area contributed by atoms with Crippen molar-refractivity contribution in [1.82, 2.24) is 10.1 Å². The lowest BCUT2D eigenvalue weighted by atomic mass is 9.88. The van der Waals surface area contributed by atoms with Crippen LogP contribution in [0, 0.1) is 0 Å². The van der Waals surface area contributed by atoms with Gasteiger partial charge in [0.25, 0.3) is 5.91 Å². The molecule has 0 atom stereocenters. The zero-order chi connectivity index (χ0) is 20.8. The predicted octanol–water partition coefficient (Wildman–Crippen LogP) is 5.14. The van der Waals surface area contributed by atoms with E-state index in [0.717, 1.165) is 25.7 Å². The molecular weight excluding hydrogens is 380 g/mol. The van der Waals surface area contributed by atoms with Crippen LogP contribution in [0.3, 0.4) is 0 Å². The Morgan fingerprint density at radius 2 is 1.53 bits per heavy atom. The van der Waals surface area contributed by atoms with E-state index in [2.05, 4.69) is 10.1 Å². The Bertz CT molecular complexity index is 818. The van der Waals surface area contributed by atoms with Crippen LogP contribution in [0.15, 0.2) is 40.9 Å². The lowest BCUT2D eigenvalue weighted by molar-refractivity contribution is 0.0404. The van der Waals surface area contributed by atoms with Crippen molar-refractivity contribution in [2.24, 2.45) is 0 Å². The molecule has 0 saturated heterocycles. The van der Waals surface area contributed by atoms with Gasteiger partial charge >= 0.3 is 5.97 Å². The molecule has 1 amide bonds. The molecule has 0 aliphatic heterocycles. The first-order valence-corrected chi connectivity index (χ1v) is 11.2. The maximum atomic E-state index is 13.4. The number of benzene rings is 1. The molecule has 2 fully saturated rings. The molecule has 0 unspecified atom stereocenters. The summed E-state index contributed by atoms with van der Waals surface area (Å²) < 4.78 is 10.7. The van der Waals surface area contributed by atoms with Gasteiger partial charge in [-0.05, 0) is 37.8 Å². The Morgan fingerprint density at radius 1 is 0.933 bits per heavy atom. The highest BCUT2D eigenvalue weighted by atomic mass is 16.5. The van der Waals surface area contributed by atoms with Crippen LogP contribution in [-0.4, -0.2) is 34.0 Å². The number of rotatable bonds is 6. The van der Waals surface area contributed by atoms with Crippen molar-refractivity contribution >= 4 is 11.9 Å². The van der Waals surface area contributed by atoms with Gasteiger partial charge in [0.2, 0.25) is 5.76 Å². The monoisotopic (exact) mass is 410 g/mol. The van der Waals surface area contributed by atoms with Crippen molar-refractivity contribution in [2.75, 3.05) is 0 Å². The average Bonchev–Trinajstić information content (AvgIpc) is 3.29. The average molecular weight is 411 g/mol. The second-order valence-electron chi connectivity index (χ2n) is 8.42. The van der Waals surface area contributed by atoms with E-state index in [0.29, 0.717) is 23.3 Å². The van der Waals surface area contributed by atoms with Crippen molar-refractivity contribution in [3.05, 3.63) is 53.4 Å². The SMILES string of the molecule is O=C(OCc1cc(C(=O)N(C2CCCCC2)C2CCCCC2)on1)c1ccccc1. The van der Waals surface area contributed by atoms with Gasteiger partial charge in [-0.3, -0.25) is 4.79 Å². The van der Waals surface area contributed by atoms with Gasteiger partial charge in [0.1, 0.15) is 12.3 Å². The number of ether oxygens (including phenoxy) is 1. The van der Waals surface area contributed by atoms with E-state index in [9.17, 15) is 9.59 Å². The second-order valence-corrected chi connectivity index (χ2v) is 8.42. The standard InChI is InChI=1S/C24H30N2O4/c27-23(26(20-12-6-2-7-13-20)21-14-8-3-9-15-21)22-16-19(25-30-22)17-29-24(28)18-10-4-1-5-11-18/h1,4-5,10-11,16,20-21H,2-3,6-9,12-15,17H2. The van der Waals surface area contributed by atoms with Crippen LogP contribution >= 0.6 is 0 Å². The van der Waals surface area contributed by atoms with Gasteiger partial charge in [-0.15, -0.1) is 0 Å². The first-order valence-electron chi connectivity index (χ1n) is 11.2. The zero-order valence-corrected chi connectivity index (χ0v) is 17.4. The molecule has 1 heterocycles. The van der Waals surface area contributed by atoms with E-state index in [1.54, 1.807) is 30.3 Å². The lowest BCUT2D eigenvalue weighted by Crippen LogP contribution is -2.48. The van der Waals surface area contributed by atoms with Crippen molar-refractivity contribution in [1.29, 1.82) is 0 Å². The minimum atomic E-state index is -0.419. The number of carbonyl (C=O) groups is 2. The normalized spacial score (nSPS) is 18.1. The van der Waals surface area contributed by atoms with E-state index < -0.39 is 5.97 Å². The molecule has 0 N–H and O–H groups in total. The van der Waals surface area contributed by atoms with Crippen LogP contribution in [0.1, 0.15) is 90.8 Å². The summed E-state index contributed by atoms with van der Waals surface area (Å²) in [5.74, 6) is -0.239. The minimum absolute atomic E-state index is 0.0165.